The summed E-state index contributed by atoms with van der Waals surface area (Å²) >= 11 is 0. The summed E-state index contributed by atoms with van der Waals surface area (Å²) in [6, 6.07) is 0. The number of halogens is 1. The van der Waals surface area contributed by atoms with Gasteiger partial charge in [0.2, 0.25) is 0 Å². The van der Waals surface area contributed by atoms with Gasteiger partial charge in [-0.2, -0.15) is 0 Å². The highest BCUT2D eigenvalue weighted by Gasteiger charge is 1.64. The molecule has 0 radical (unpaired) electrons. The summed E-state index contributed by atoms with van der Waals surface area (Å²) in [4.78, 5) is 0. The van der Waals surface area contributed by atoms with E-state index in [1.807, 2.05) is 13.8 Å². The van der Waals surface area contributed by atoms with Crippen LogP contribution < -0.4 is 5.73 Å². The monoisotopic (exact) mass is 141 g/mol. The van der Waals surface area contributed by atoms with Crippen LogP contribution in [-0.2, 0) is 4.74 Å². The van der Waals surface area contributed by atoms with Crippen molar-refractivity contribution in [3.63, 3.8) is 0 Å². The van der Waals surface area contributed by atoms with Gasteiger partial charge in [-0.15, -0.1) is 12.4 Å². The highest BCUT2D eigenvalue weighted by Crippen LogP contribution is 1.64. The first-order valence-corrected chi connectivity index (χ1v) is 2.57. The standard InChI is InChI=1S/C4H10O.CH5N.ClH/c1-3-5-4-2;1-2;/h3-4H2,1-2H3;2H2,1H3;1H. The number of rotatable bonds is 2. The van der Waals surface area contributed by atoms with E-state index in [2.05, 4.69) is 5.73 Å². The molecule has 0 unspecified atom stereocenters. The van der Waals surface area contributed by atoms with Gasteiger partial charge in [-0.25, -0.2) is 0 Å². The van der Waals surface area contributed by atoms with Crippen LogP contribution in [0.2, 0.25) is 0 Å². The molecule has 0 aliphatic carbocycles. The van der Waals surface area contributed by atoms with E-state index in [9.17, 15) is 0 Å². The van der Waals surface area contributed by atoms with Crippen molar-refractivity contribution in [3.05, 3.63) is 0 Å². The van der Waals surface area contributed by atoms with Crippen LogP contribution in [0.4, 0.5) is 0 Å². The quantitative estimate of drug-likeness (QED) is 0.624. The van der Waals surface area contributed by atoms with Crippen LogP contribution >= 0.6 is 12.4 Å². The van der Waals surface area contributed by atoms with Gasteiger partial charge < -0.3 is 10.5 Å². The van der Waals surface area contributed by atoms with Crippen molar-refractivity contribution in [1.29, 1.82) is 0 Å². The summed E-state index contributed by atoms with van der Waals surface area (Å²) in [6.07, 6.45) is 0. The Bertz CT molecular complexity index is 19.9. The molecule has 0 aliphatic heterocycles. The second-order valence-electron chi connectivity index (χ2n) is 0.781. The fourth-order valence-corrected chi connectivity index (χ4v) is 0.204. The van der Waals surface area contributed by atoms with E-state index in [1.54, 1.807) is 0 Å². The van der Waals surface area contributed by atoms with Crippen molar-refractivity contribution in [1.82, 2.24) is 0 Å². The normalized spacial score (nSPS) is 6.00. The SMILES string of the molecule is CCOCC.CN.Cl. The molecule has 0 saturated heterocycles. The van der Waals surface area contributed by atoms with E-state index < -0.39 is 0 Å². The fraction of sp³-hybridized carbons (Fsp3) is 1.00. The molecule has 54 valence electrons. The van der Waals surface area contributed by atoms with Gasteiger partial charge >= 0.3 is 0 Å². The van der Waals surface area contributed by atoms with E-state index in [4.69, 9.17) is 4.74 Å². The Morgan fingerprint density at radius 1 is 1.12 bits per heavy atom. The Morgan fingerprint density at radius 2 is 1.38 bits per heavy atom. The first kappa shape index (κ1) is 15.7. The van der Waals surface area contributed by atoms with Crippen LogP contribution in [0.25, 0.3) is 0 Å². The predicted octanol–water partition coefficient (Wildman–Crippen LogP) is 1.04. The molecular formula is C5H16ClNO. The number of hydrogen-bond donors (Lipinski definition) is 1. The third kappa shape index (κ3) is 34.5. The molecule has 0 aliphatic rings. The van der Waals surface area contributed by atoms with Gasteiger partial charge in [-0.05, 0) is 20.9 Å². The molecule has 0 aromatic carbocycles. The van der Waals surface area contributed by atoms with Crippen LogP contribution in [0.15, 0.2) is 0 Å². The van der Waals surface area contributed by atoms with Crippen molar-refractivity contribution >= 4 is 12.4 Å². The van der Waals surface area contributed by atoms with Crippen LogP contribution in [0.5, 0.6) is 0 Å². The number of hydrogen-bond acceptors (Lipinski definition) is 2. The summed E-state index contributed by atoms with van der Waals surface area (Å²) < 4.78 is 4.83. The number of nitrogens with two attached hydrogens (primary N) is 1. The summed E-state index contributed by atoms with van der Waals surface area (Å²) in [5.41, 5.74) is 4.50. The molecule has 0 amide bonds. The zero-order valence-electron chi connectivity index (χ0n) is 5.81. The molecule has 2 nitrogen and oxygen atoms in total. The van der Waals surface area contributed by atoms with Crippen LogP contribution in [-0.4, -0.2) is 20.3 Å². The molecule has 0 rings (SSSR count). The summed E-state index contributed by atoms with van der Waals surface area (Å²) in [5.74, 6) is 0. The van der Waals surface area contributed by atoms with Gasteiger partial charge in [0.1, 0.15) is 0 Å². The molecule has 2 N–H and O–H groups in total. The van der Waals surface area contributed by atoms with E-state index in [0.29, 0.717) is 0 Å². The number of ether oxygens (including phenoxy) is 1. The second-order valence-corrected chi connectivity index (χ2v) is 0.781. The topological polar surface area (TPSA) is 35.2 Å². The molecular weight excluding hydrogens is 126 g/mol. The molecule has 8 heavy (non-hydrogen) atoms. The van der Waals surface area contributed by atoms with Crippen LogP contribution in [0, 0.1) is 0 Å². The van der Waals surface area contributed by atoms with Crippen molar-refractivity contribution in [2.24, 2.45) is 5.73 Å². The van der Waals surface area contributed by atoms with Gasteiger partial charge in [0.05, 0.1) is 0 Å². The smallest absolute Gasteiger partial charge is 0.0437 e. The molecule has 0 saturated carbocycles. The van der Waals surface area contributed by atoms with E-state index in [1.165, 1.54) is 7.05 Å². The molecule has 3 heteroatoms. The third-order valence-electron chi connectivity index (χ3n) is 0.408. The zero-order chi connectivity index (χ0) is 6.12. The highest BCUT2D eigenvalue weighted by molar-refractivity contribution is 5.85. The maximum atomic E-state index is 4.83. The maximum Gasteiger partial charge on any atom is 0.0437 e. The summed E-state index contributed by atoms with van der Waals surface area (Å²) in [6.45, 7) is 5.67. The van der Waals surface area contributed by atoms with Gasteiger partial charge in [0.25, 0.3) is 0 Å². The van der Waals surface area contributed by atoms with Gasteiger partial charge in [-0.1, -0.05) is 0 Å². The lowest BCUT2D eigenvalue weighted by atomic mass is 10.8. The van der Waals surface area contributed by atoms with Crippen LogP contribution in [0.3, 0.4) is 0 Å². The fourth-order valence-electron chi connectivity index (χ4n) is 0.204. The second kappa shape index (κ2) is 27.0. The lowest BCUT2D eigenvalue weighted by Crippen LogP contribution is -1.84. The molecule has 0 aromatic heterocycles. The average molecular weight is 142 g/mol. The maximum absolute atomic E-state index is 4.83. The molecule has 0 bridgehead atoms. The zero-order valence-corrected chi connectivity index (χ0v) is 6.62. The molecule has 0 fully saturated rings. The van der Waals surface area contributed by atoms with Crippen molar-refractivity contribution in [3.8, 4) is 0 Å². The first-order chi connectivity index (χ1) is 3.41. The Balaban J connectivity index is -0.0000000750. The lowest BCUT2D eigenvalue weighted by molar-refractivity contribution is 0.162. The van der Waals surface area contributed by atoms with Gasteiger partial charge in [0, 0.05) is 13.2 Å². The van der Waals surface area contributed by atoms with Gasteiger partial charge in [-0.3, -0.25) is 0 Å². The molecule has 0 heterocycles. The minimum Gasteiger partial charge on any atom is -0.382 e. The summed E-state index contributed by atoms with van der Waals surface area (Å²) in [5, 5.41) is 0. The van der Waals surface area contributed by atoms with Crippen molar-refractivity contribution in [2.75, 3.05) is 20.3 Å². The lowest BCUT2D eigenvalue weighted by Gasteiger charge is -1.86. The van der Waals surface area contributed by atoms with Crippen molar-refractivity contribution < 1.29 is 4.74 Å². The molecule has 0 aromatic rings. The Labute approximate surface area is 57.8 Å². The van der Waals surface area contributed by atoms with E-state index in [-0.39, 0.29) is 12.4 Å². The largest absolute Gasteiger partial charge is 0.382 e. The van der Waals surface area contributed by atoms with E-state index >= 15 is 0 Å². The third-order valence-corrected chi connectivity index (χ3v) is 0.408. The van der Waals surface area contributed by atoms with E-state index in [0.717, 1.165) is 13.2 Å². The predicted molar refractivity (Wildman–Crippen MR) is 39.5 cm³/mol. The van der Waals surface area contributed by atoms with Gasteiger partial charge in [0.15, 0.2) is 0 Å². The van der Waals surface area contributed by atoms with Crippen LogP contribution in [0.1, 0.15) is 13.8 Å². The first-order valence-electron chi connectivity index (χ1n) is 2.57. The molecule has 0 spiro atoms. The molecule has 0 atom stereocenters. The highest BCUT2D eigenvalue weighted by atomic mass is 35.5. The average Bonchev–Trinajstić information content (AvgIpc) is 1.75. The Morgan fingerprint density at radius 3 is 1.38 bits per heavy atom. The minimum atomic E-state index is 0. The Hall–Kier alpha value is 0.210. The minimum absolute atomic E-state index is 0. The Kier molecular flexibility index (Phi) is 53.0. The van der Waals surface area contributed by atoms with Crippen molar-refractivity contribution in [2.45, 2.75) is 13.8 Å². The summed E-state index contributed by atoms with van der Waals surface area (Å²) in [7, 11) is 1.50.